The van der Waals surface area contributed by atoms with Gasteiger partial charge in [-0.25, -0.2) is 0 Å². The van der Waals surface area contributed by atoms with Gasteiger partial charge in [-0.05, 0) is 37.6 Å². The lowest BCUT2D eigenvalue weighted by Crippen LogP contribution is -2.45. The normalized spacial score (nSPS) is 23.2. The fraction of sp³-hybridized carbons (Fsp3) is 0.824. The molecule has 2 rings (SSSR count). The molecule has 3 nitrogen and oxygen atoms in total. The minimum atomic E-state index is 0.407. The van der Waals surface area contributed by atoms with Crippen molar-refractivity contribution in [2.75, 3.05) is 7.05 Å². The van der Waals surface area contributed by atoms with E-state index in [2.05, 4.69) is 38.2 Å². The van der Waals surface area contributed by atoms with Crippen LogP contribution in [0.15, 0.2) is 0 Å². The summed E-state index contributed by atoms with van der Waals surface area (Å²) >= 11 is 6.53. The summed E-state index contributed by atoms with van der Waals surface area (Å²) < 4.78 is 1.97. The summed E-state index contributed by atoms with van der Waals surface area (Å²) in [4.78, 5) is 0. The Bertz CT molecular complexity index is 479. The maximum atomic E-state index is 6.53. The lowest BCUT2D eigenvalue weighted by molar-refractivity contribution is 0.100. The molecule has 1 fully saturated rings. The van der Waals surface area contributed by atoms with Crippen LogP contribution in [0, 0.1) is 11.3 Å². The Kier molecular flexibility index (Phi) is 5.37. The summed E-state index contributed by atoms with van der Waals surface area (Å²) in [7, 11) is 4.10. The number of rotatable bonds is 5. The van der Waals surface area contributed by atoms with Gasteiger partial charge in [0.15, 0.2) is 0 Å². The highest BCUT2D eigenvalue weighted by molar-refractivity contribution is 6.31. The largest absolute Gasteiger partial charge is 0.316 e. The molecule has 1 saturated carbocycles. The number of aryl methyl sites for hydroxylation is 2. The van der Waals surface area contributed by atoms with E-state index in [-0.39, 0.29) is 0 Å². The Morgan fingerprint density at radius 1 is 1.43 bits per heavy atom. The predicted octanol–water partition coefficient (Wildman–Crippen LogP) is 3.98. The number of nitrogens with one attached hydrogen (secondary N) is 1. The van der Waals surface area contributed by atoms with Crippen LogP contribution in [0.5, 0.6) is 0 Å². The van der Waals surface area contributed by atoms with Crippen LogP contribution in [0.4, 0.5) is 0 Å². The molecule has 1 N–H and O–H groups in total. The minimum Gasteiger partial charge on any atom is -0.316 e. The summed E-state index contributed by atoms with van der Waals surface area (Å²) in [5.41, 5.74) is 2.60. The van der Waals surface area contributed by atoms with Crippen molar-refractivity contribution in [3.8, 4) is 0 Å². The number of halogens is 1. The molecule has 21 heavy (non-hydrogen) atoms. The molecule has 1 aliphatic rings. The molecule has 1 aromatic heterocycles. The van der Waals surface area contributed by atoms with Crippen molar-refractivity contribution in [2.45, 2.75) is 65.3 Å². The molecule has 2 unspecified atom stereocenters. The Hall–Kier alpha value is -0.540. The van der Waals surface area contributed by atoms with Gasteiger partial charge in [0.05, 0.1) is 16.4 Å². The van der Waals surface area contributed by atoms with Gasteiger partial charge >= 0.3 is 0 Å². The second-order valence-electron chi connectivity index (χ2n) is 7.12. The average molecular weight is 312 g/mol. The predicted molar refractivity (Wildman–Crippen MR) is 89.9 cm³/mol. The molecule has 1 aromatic rings. The van der Waals surface area contributed by atoms with Crippen LogP contribution in [0.3, 0.4) is 0 Å². The molecular weight excluding hydrogens is 282 g/mol. The molecule has 0 bridgehead atoms. The topological polar surface area (TPSA) is 29.9 Å². The first kappa shape index (κ1) is 16.8. The van der Waals surface area contributed by atoms with Gasteiger partial charge in [-0.3, -0.25) is 4.68 Å². The van der Waals surface area contributed by atoms with Gasteiger partial charge in [0.25, 0.3) is 0 Å². The molecule has 4 heteroatoms. The molecule has 120 valence electrons. The smallest absolute Gasteiger partial charge is 0.0850 e. The van der Waals surface area contributed by atoms with Crippen molar-refractivity contribution in [2.24, 2.45) is 18.4 Å². The zero-order chi connectivity index (χ0) is 15.6. The lowest BCUT2D eigenvalue weighted by atomic mass is 9.65. The number of aromatic nitrogens is 2. The van der Waals surface area contributed by atoms with Crippen LogP contribution in [-0.4, -0.2) is 22.9 Å². The third-order valence-corrected chi connectivity index (χ3v) is 5.80. The molecular formula is C17H30ClN3. The van der Waals surface area contributed by atoms with Gasteiger partial charge < -0.3 is 5.32 Å². The van der Waals surface area contributed by atoms with Crippen LogP contribution in [0.25, 0.3) is 0 Å². The Morgan fingerprint density at radius 2 is 2.14 bits per heavy atom. The van der Waals surface area contributed by atoms with E-state index in [4.69, 9.17) is 11.6 Å². The van der Waals surface area contributed by atoms with Crippen molar-refractivity contribution < 1.29 is 0 Å². The molecule has 0 amide bonds. The van der Waals surface area contributed by atoms with Crippen LogP contribution >= 0.6 is 11.6 Å². The first-order valence-corrected chi connectivity index (χ1v) is 8.66. The average Bonchev–Trinajstić information content (AvgIpc) is 2.71. The quantitative estimate of drug-likeness (QED) is 0.891. The van der Waals surface area contributed by atoms with Crippen molar-refractivity contribution in [1.29, 1.82) is 0 Å². The highest BCUT2D eigenvalue weighted by atomic mass is 35.5. The lowest BCUT2D eigenvalue weighted by Gasteiger charge is -2.43. The number of hydrogen-bond acceptors (Lipinski definition) is 2. The standard InChI is InChI=1S/C17H30ClN3/c1-6-13-16(18)15(21(5)20-13)11-14(19-4)12-9-7-8-10-17(12,2)3/h12,14,19H,6-11H2,1-5H3. The molecule has 0 spiro atoms. The molecule has 0 aliphatic heterocycles. The van der Waals surface area contributed by atoms with Crippen molar-refractivity contribution in [3.05, 3.63) is 16.4 Å². The summed E-state index contributed by atoms with van der Waals surface area (Å²) in [6, 6.07) is 0.470. The first-order valence-electron chi connectivity index (χ1n) is 8.28. The van der Waals surface area contributed by atoms with E-state index in [0.717, 1.165) is 23.6 Å². The van der Waals surface area contributed by atoms with Crippen molar-refractivity contribution >= 4 is 11.6 Å². The van der Waals surface area contributed by atoms with Crippen LogP contribution in [0.1, 0.15) is 57.8 Å². The molecule has 1 heterocycles. The van der Waals surface area contributed by atoms with Gasteiger partial charge in [-0.1, -0.05) is 45.2 Å². The molecule has 1 aliphatic carbocycles. The zero-order valence-corrected chi connectivity index (χ0v) is 14.9. The van der Waals surface area contributed by atoms with E-state index in [1.165, 1.54) is 31.4 Å². The first-order chi connectivity index (χ1) is 9.90. The highest BCUT2D eigenvalue weighted by Crippen LogP contribution is 2.43. The van der Waals surface area contributed by atoms with E-state index in [1.807, 2.05) is 11.7 Å². The maximum absolute atomic E-state index is 6.53. The van der Waals surface area contributed by atoms with Crippen LogP contribution < -0.4 is 5.32 Å². The van der Waals surface area contributed by atoms with Gasteiger partial charge in [0, 0.05) is 19.5 Å². The van der Waals surface area contributed by atoms with E-state index in [9.17, 15) is 0 Å². The molecule has 0 radical (unpaired) electrons. The monoisotopic (exact) mass is 311 g/mol. The number of nitrogens with zero attached hydrogens (tertiary/aromatic N) is 2. The highest BCUT2D eigenvalue weighted by Gasteiger charge is 2.37. The van der Waals surface area contributed by atoms with Crippen molar-refractivity contribution in [3.63, 3.8) is 0 Å². The van der Waals surface area contributed by atoms with E-state index in [1.54, 1.807) is 0 Å². The third kappa shape index (κ3) is 3.45. The zero-order valence-electron chi connectivity index (χ0n) is 14.2. The molecule has 2 atom stereocenters. The Morgan fingerprint density at radius 3 is 2.67 bits per heavy atom. The van der Waals surface area contributed by atoms with E-state index in [0.29, 0.717) is 17.4 Å². The fourth-order valence-corrected chi connectivity index (χ4v) is 4.33. The maximum Gasteiger partial charge on any atom is 0.0850 e. The molecule has 0 aromatic carbocycles. The number of likely N-dealkylation sites (N-methyl/N-ethyl adjacent to an activating group) is 1. The van der Waals surface area contributed by atoms with Gasteiger partial charge in [0.1, 0.15) is 0 Å². The van der Waals surface area contributed by atoms with E-state index >= 15 is 0 Å². The fourth-order valence-electron chi connectivity index (χ4n) is 3.96. The van der Waals surface area contributed by atoms with Crippen LogP contribution in [0.2, 0.25) is 5.02 Å². The second-order valence-corrected chi connectivity index (χ2v) is 7.50. The number of hydrogen-bond donors (Lipinski definition) is 1. The SMILES string of the molecule is CCc1nn(C)c(CC(NC)C2CCCCC2(C)C)c1Cl. The third-order valence-electron chi connectivity index (χ3n) is 5.36. The van der Waals surface area contributed by atoms with Gasteiger partial charge in [0.2, 0.25) is 0 Å². The van der Waals surface area contributed by atoms with E-state index < -0.39 is 0 Å². The minimum absolute atomic E-state index is 0.407. The Labute approximate surface area is 134 Å². The molecule has 0 saturated heterocycles. The van der Waals surface area contributed by atoms with Gasteiger partial charge in [-0.2, -0.15) is 5.10 Å². The summed E-state index contributed by atoms with van der Waals surface area (Å²) in [5, 5.41) is 8.98. The second kappa shape index (κ2) is 6.70. The summed E-state index contributed by atoms with van der Waals surface area (Å²) in [6.07, 6.45) is 7.22. The summed E-state index contributed by atoms with van der Waals surface area (Å²) in [5.74, 6) is 0.701. The van der Waals surface area contributed by atoms with Gasteiger partial charge in [-0.15, -0.1) is 0 Å². The van der Waals surface area contributed by atoms with Crippen molar-refractivity contribution in [1.82, 2.24) is 15.1 Å². The van der Waals surface area contributed by atoms with Crippen LogP contribution in [-0.2, 0) is 19.9 Å². The summed E-state index contributed by atoms with van der Waals surface area (Å²) in [6.45, 7) is 6.95. The Balaban J connectivity index is 2.21.